The number of ether oxygens (including phenoxy) is 1. The van der Waals surface area contributed by atoms with E-state index < -0.39 is 0 Å². The molecule has 2 aliphatic rings. The third-order valence-electron chi connectivity index (χ3n) is 4.64. The molecule has 1 aromatic heterocycles. The summed E-state index contributed by atoms with van der Waals surface area (Å²) in [5, 5.41) is 7.73. The van der Waals surface area contributed by atoms with Crippen molar-refractivity contribution >= 4 is 30.7 Å². The molecule has 1 N–H and O–H groups in total. The van der Waals surface area contributed by atoms with E-state index in [1.54, 1.807) is 0 Å². The summed E-state index contributed by atoms with van der Waals surface area (Å²) in [6, 6.07) is 0.150. The standard InChI is InChI=1S/C15H24N4O2.2ClH/c1-10-14(11(2)18(3)17-10)12-5-4-7-19(12)15(20)13-9-16-6-8-21-13;;/h12-13,16H,4-9H2,1-3H3;2*1H. The number of morpholine rings is 1. The Morgan fingerprint density at radius 3 is 2.65 bits per heavy atom. The predicted octanol–water partition coefficient (Wildman–Crippen LogP) is 1.53. The van der Waals surface area contributed by atoms with Gasteiger partial charge in [-0.05, 0) is 26.7 Å². The molecular formula is C15H26Cl2N4O2. The van der Waals surface area contributed by atoms with Crippen LogP contribution in [0.2, 0.25) is 0 Å². The first kappa shape index (κ1) is 20.2. The Morgan fingerprint density at radius 2 is 2.09 bits per heavy atom. The maximum Gasteiger partial charge on any atom is 0.253 e. The number of hydrogen-bond donors (Lipinski definition) is 1. The minimum absolute atomic E-state index is 0. The molecule has 2 saturated heterocycles. The molecule has 2 fully saturated rings. The average Bonchev–Trinajstić information content (AvgIpc) is 3.05. The number of amides is 1. The molecule has 0 saturated carbocycles. The summed E-state index contributed by atoms with van der Waals surface area (Å²) < 4.78 is 7.53. The van der Waals surface area contributed by atoms with E-state index in [1.165, 1.54) is 5.56 Å². The Balaban J connectivity index is 0.00000132. The first-order chi connectivity index (χ1) is 10.1. The lowest BCUT2D eigenvalue weighted by Crippen LogP contribution is -2.49. The van der Waals surface area contributed by atoms with Gasteiger partial charge in [0.2, 0.25) is 0 Å². The van der Waals surface area contributed by atoms with Crippen LogP contribution in [0.3, 0.4) is 0 Å². The van der Waals surface area contributed by atoms with Crippen LogP contribution in [0.15, 0.2) is 0 Å². The average molecular weight is 365 g/mol. The Bertz CT molecular complexity index is 544. The summed E-state index contributed by atoms with van der Waals surface area (Å²) in [6.07, 6.45) is 1.72. The zero-order chi connectivity index (χ0) is 15.0. The van der Waals surface area contributed by atoms with Gasteiger partial charge in [-0.25, -0.2) is 0 Å². The third kappa shape index (κ3) is 3.82. The minimum Gasteiger partial charge on any atom is -0.366 e. The fourth-order valence-electron chi connectivity index (χ4n) is 3.51. The van der Waals surface area contributed by atoms with Crippen LogP contribution >= 0.6 is 24.8 Å². The van der Waals surface area contributed by atoms with E-state index in [4.69, 9.17) is 4.74 Å². The Morgan fingerprint density at radius 1 is 1.35 bits per heavy atom. The van der Waals surface area contributed by atoms with Gasteiger partial charge >= 0.3 is 0 Å². The van der Waals surface area contributed by atoms with Gasteiger partial charge in [0.15, 0.2) is 0 Å². The summed E-state index contributed by atoms with van der Waals surface area (Å²) in [4.78, 5) is 14.7. The number of nitrogens with one attached hydrogen (secondary N) is 1. The second-order valence-corrected chi connectivity index (χ2v) is 5.96. The summed E-state index contributed by atoms with van der Waals surface area (Å²) in [7, 11) is 1.96. The second kappa shape index (κ2) is 8.33. The Kier molecular flexibility index (Phi) is 7.32. The van der Waals surface area contributed by atoms with Crippen molar-refractivity contribution in [3.63, 3.8) is 0 Å². The predicted molar refractivity (Wildman–Crippen MR) is 93.5 cm³/mol. The van der Waals surface area contributed by atoms with Gasteiger partial charge in [0.25, 0.3) is 5.91 Å². The van der Waals surface area contributed by atoms with Crippen molar-refractivity contribution in [2.45, 2.75) is 38.8 Å². The van der Waals surface area contributed by atoms with E-state index in [0.717, 1.165) is 37.3 Å². The SMILES string of the molecule is Cc1nn(C)c(C)c1C1CCCN1C(=O)C1CNCCO1.Cl.Cl. The number of aryl methyl sites for hydroxylation is 2. The number of likely N-dealkylation sites (tertiary alicyclic amines) is 1. The first-order valence-electron chi connectivity index (χ1n) is 7.72. The van der Waals surface area contributed by atoms with Crippen molar-refractivity contribution in [3.05, 3.63) is 17.0 Å². The van der Waals surface area contributed by atoms with Crippen molar-refractivity contribution in [1.82, 2.24) is 20.0 Å². The Hall–Kier alpha value is -0.820. The van der Waals surface area contributed by atoms with Crippen molar-refractivity contribution in [2.75, 3.05) is 26.2 Å². The van der Waals surface area contributed by atoms with E-state index in [1.807, 2.05) is 23.6 Å². The monoisotopic (exact) mass is 364 g/mol. The highest BCUT2D eigenvalue weighted by molar-refractivity contribution is 5.85. The van der Waals surface area contributed by atoms with Gasteiger partial charge in [0, 0.05) is 37.9 Å². The molecule has 0 aliphatic carbocycles. The number of hydrogen-bond acceptors (Lipinski definition) is 4. The maximum atomic E-state index is 12.7. The van der Waals surface area contributed by atoms with Crippen LogP contribution in [0.25, 0.3) is 0 Å². The van der Waals surface area contributed by atoms with Crippen molar-refractivity contribution in [3.8, 4) is 0 Å². The van der Waals surface area contributed by atoms with Crippen LogP contribution in [0.4, 0.5) is 0 Å². The van der Waals surface area contributed by atoms with Gasteiger partial charge in [-0.15, -0.1) is 24.8 Å². The van der Waals surface area contributed by atoms with Crippen molar-refractivity contribution < 1.29 is 9.53 Å². The number of carbonyl (C=O) groups excluding carboxylic acids is 1. The molecule has 23 heavy (non-hydrogen) atoms. The van der Waals surface area contributed by atoms with E-state index >= 15 is 0 Å². The van der Waals surface area contributed by atoms with Crippen LogP contribution in [-0.4, -0.2) is 52.9 Å². The van der Waals surface area contributed by atoms with E-state index in [9.17, 15) is 4.79 Å². The highest BCUT2D eigenvalue weighted by Gasteiger charge is 2.37. The maximum absolute atomic E-state index is 12.7. The Labute approximate surface area is 149 Å². The van der Waals surface area contributed by atoms with Crippen molar-refractivity contribution in [1.29, 1.82) is 0 Å². The van der Waals surface area contributed by atoms with Gasteiger partial charge in [0.1, 0.15) is 6.10 Å². The summed E-state index contributed by atoms with van der Waals surface area (Å²) in [6.45, 7) is 6.98. The molecule has 3 heterocycles. The molecular weight excluding hydrogens is 339 g/mol. The molecule has 6 nitrogen and oxygen atoms in total. The second-order valence-electron chi connectivity index (χ2n) is 5.96. The topological polar surface area (TPSA) is 59.4 Å². The zero-order valence-corrected chi connectivity index (χ0v) is 15.5. The highest BCUT2D eigenvalue weighted by atomic mass is 35.5. The fraction of sp³-hybridized carbons (Fsp3) is 0.733. The van der Waals surface area contributed by atoms with Crippen LogP contribution in [0.5, 0.6) is 0 Å². The van der Waals surface area contributed by atoms with Gasteiger partial charge in [-0.2, -0.15) is 5.10 Å². The lowest BCUT2D eigenvalue weighted by molar-refractivity contribution is -0.146. The molecule has 2 unspecified atom stereocenters. The molecule has 132 valence electrons. The summed E-state index contributed by atoms with van der Waals surface area (Å²) in [5.74, 6) is 0.118. The van der Waals surface area contributed by atoms with Gasteiger partial charge < -0.3 is 15.0 Å². The molecule has 2 aliphatic heterocycles. The van der Waals surface area contributed by atoms with Crippen LogP contribution in [0.1, 0.15) is 35.8 Å². The van der Waals surface area contributed by atoms with Gasteiger partial charge in [-0.1, -0.05) is 0 Å². The van der Waals surface area contributed by atoms with Crippen molar-refractivity contribution in [2.24, 2.45) is 7.05 Å². The number of rotatable bonds is 2. The molecule has 0 spiro atoms. The quantitative estimate of drug-likeness (QED) is 0.864. The molecule has 0 bridgehead atoms. The molecule has 1 amide bonds. The van der Waals surface area contributed by atoms with E-state index in [2.05, 4.69) is 17.3 Å². The lowest BCUT2D eigenvalue weighted by Gasteiger charge is -2.31. The van der Waals surface area contributed by atoms with Crippen LogP contribution in [-0.2, 0) is 16.6 Å². The normalized spacial score (nSPS) is 24.0. The van der Waals surface area contributed by atoms with Gasteiger partial charge in [0.05, 0.1) is 18.3 Å². The smallest absolute Gasteiger partial charge is 0.253 e. The summed E-state index contributed by atoms with van der Waals surface area (Å²) >= 11 is 0. The van der Waals surface area contributed by atoms with Crippen LogP contribution < -0.4 is 5.32 Å². The molecule has 8 heteroatoms. The largest absolute Gasteiger partial charge is 0.366 e. The zero-order valence-electron chi connectivity index (χ0n) is 13.9. The molecule has 0 radical (unpaired) electrons. The molecule has 2 atom stereocenters. The minimum atomic E-state index is -0.336. The lowest BCUT2D eigenvalue weighted by atomic mass is 10.0. The van der Waals surface area contributed by atoms with Gasteiger partial charge in [-0.3, -0.25) is 9.48 Å². The number of halogens is 2. The first-order valence-corrected chi connectivity index (χ1v) is 7.72. The van der Waals surface area contributed by atoms with E-state index in [-0.39, 0.29) is 42.9 Å². The fourth-order valence-corrected chi connectivity index (χ4v) is 3.51. The van der Waals surface area contributed by atoms with Crippen LogP contribution in [0, 0.1) is 13.8 Å². The highest BCUT2D eigenvalue weighted by Crippen LogP contribution is 2.35. The third-order valence-corrected chi connectivity index (χ3v) is 4.64. The number of carbonyl (C=O) groups is 1. The van der Waals surface area contributed by atoms with E-state index in [0.29, 0.717) is 13.2 Å². The summed E-state index contributed by atoms with van der Waals surface area (Å²) in [5.41, 5.74) is 3.40. The number of nitrogens with zero attached hydrogens (tertiary/aromatic N) is 3. The molecule has 1 aromatic rings. The molecule has 0 aromatic carbocycles. The number of aromatic nitrogens is 2. The molecule has 3 rings (SSSR count).